The Kier molecular flexibility index (Phi) is 3.33. The van der Waals surface area contributed by atoms with Crippen LogP contribution in [0.25, 0.3) is 0 Å². The van der Waals surface area contributed by atoms with Crippen molar-refractivity contribution in [1.29, 1.82) is 0 Å². The fourth-order valence-electron chi connectivity index (χ4n) is 1.62. The van der Waals surface area contributed by atoms with Crippen LogP contribution in [0.2, 0.25) is 0 Å². The lowest BCUT2D eigenvalue weighted by Crippen LogP contribution is -1.90. The average Bonchev–Trinajstić information content (AvgIpc) is 2.32. The Hall–Kier alpha value is -1.96. The molecular formula is C15H16O2. The second kappa shape index (κ2) is 4.91. The van der Waals surface area contributed by atoms with Crippen molar-refractivity contribution in [3.8, 4) is 17.2 Å². The molecule has 0 atom stereocenters. The highest BCUT2D eigenvalue weighted by Crippen LogP contribution is 2.29. The zero-order valence-electron chi connectivity index (χ0n) is 10.4. The monoisotopic (exact) mass is 228 g/mol. The Labute approximate surface area is 102 Å². The maximum absolute atomic E-state index is 5.85. The van der Waals surface area contributed by atoms with Crippen LogP contribution in [0, 0.1) is 13.8 Å². The summed E-state index contributed by atoms with van der Waals surface area (Å²) in [5.74, 6) is 2.48. The van der Waals surface area contributed by atoms with Crippen LogP contribution in [0.3, 0.4) is 0 Å². The summed E-state index contributed by atoms with van der Waals surface area (Å²) in [5, 5.41) is 0. The molecule has 2 nitrogen and oxygen atoms in total. The Morgan fingerprint density at radius 1 is 0.882 bits per heavy atom. The van der Waals surface area contributed by atoms with Gasteiger partial charge >= 0.3 is 0 Å². The van der Waals surface area contributed by atoms with E-state index >= 15 is 0 Å². The lowest BCUT2D eigenvalue weighted by atomic mass is 10.2. The van der Waals surface area contributed by atoms with Crippen LogP contribution >= 0.6 is 0 Å². The zero-order chi connectivity index (χ0) is 12.3. The summed E-state index contributed by atoms with van der Waals surface area (Å²) in [5.41, 5.74) is 2.27. The van der Waals surface area contributed by atoms with E-state index in [4.69, 9.17) is 9.47 Å². The first kappa shape index (κ1) is 11.5. The standard InChI is InChI=1S/C15H16O2/c1-11-5-4-6-14(9-11)17-15-10-13(16-3)8-7-12(15)2/h4-10H,1-3H3. The zero-order valence-corrected chi connectivity index (χ0v) is 10.4. The number of hydrogen-bond donors (Lipinski definition) is 0. The third-order valence-corrected chi connectivity index (χ3v) is 2.61. The summed E-state index contributed by atoms with van der Waals surface area (Å²) >= 11 is 0. The van der Waals surface area contributed by atoms with Crippen molar-refractivity contribution < 1.29 is 9.47 Å². The minimum Gasteiger partial charge on any atom is -0.497 e. The van der Waals surface area contributed by atoms with E-state index in [1.807, 2.05) is 56.3 Å². The molecule has 0 saturated carbocycles. The molecule has 0 radical (unpaired) electrons. The van der Waals surface area contributed by atoms with E-state index in [2.05, 4.69) is 0 Å². The molecule has 0 aliphatic carbocycles. The number of benzene rings is 2. The first-order valence-corrected chi connectivity index (χ1v) is 5.58. The number of rotatable bonds is 3. The summed E-state index contributed by atoms with van der Waals surface area (Å²) in [4.78, 5) is 0. The van der Waals surface area contributed by atoms with E-state index in [9.17, 15) is 0 Å². The molecule has 2 heteroatoms. The number of ether oxygens (including phenoxy) is 2. The van der Waals surface area contributed by atoms with Gasteiger partial charge in [0.2, 0.25) is 0 Å². The summed E-state index contributed by atoms with van der Waals surface area (Å²) in [6.07, 6.45) is 0. The third-order valence-electron chi connectivity index (χ3n) is 2.61. The van der Waals surface area contributed by atoms with Crippen LogP contribution < -0.4 is 9.47 Å². The molecule has 0 amide bonds. The van der Waals surface area contributed by atoms with Gasteiger partial charge in [-0.2, -0.15) is 0 Å². The van der Waals surface area contributed by atoms with Gasteiger partial charge in [-0.1, -0.05) is 18.2 Å². The maximum Gasteiger partial charge on any atom is 0.134 e. The molecule has 0 heterocycles. The first-order valence-electron chi connectivity index (χ1n) is 5.58. The van der Waals surface area contributed by atoms with Gasteiger partial charge in [0, 0.05) is 6.07 Å². The second-order valence-electron chi connectivity index (χ2n) is 4.05. The van der Waals surface area contributed by atoms with Crippen molar-refractivity contribution in [2.75, 3.05) is 7.11 Å². The smallest absolute Gasteiger partial charge is 0.134 e. The fraction of sp³-hybridized carbons (Fsp3) is 0.200. The normalized spacial score (nSPS) is 10.1. The van der Waals surface area contributed by atoms with Crippen molar-refractivity contribution >= 4 is 0 Å². The number of methoxy groups -OCH3 is 1. The largest absolute Gasteiger partial charge is 0.497 e. The predicted octanol–water partition coefficient (Wildman–Crippen LogP) is 4.10. The highest BCUT2D eigenvalue weighted by atomic mass is 16.5. The lowest BCUT2D eigenvalue weighted by molar-refractivity contribution is 0.408. The van der Waals surface area contributed by atoms with Gasteiger partial charge in [0.15, 0.2) is 0 Å². The summed E-state index contributed by atoms with van der Waals surface area (Å²) in [6, 6.07) is 13.8. The number of hydrogen-bond acceptors (Lipinski definition) is 2. The molecule has 0 N–H and O–H groups in total. The topological polar surface area (TPSA) is 18.5 Å². The quantitative estimate of drug-likeness (QED) is 0.787. The average molecular weight is 228 g/mol. The molecule has 0 fully saturated rings. The van der Waals surface area contributed by atoms with Crippen LogP contribution in [-0.4, -0.2) is 7.11 Å². The second-order valence-corrected chi connectivity index (χ2v) is 4.05. The van der Waals surface area contributed by atoms with Gasteiger partial charge in [0.1, 0.15) is 17.2 Å². The molecule has 2 aromatic carbocycles. The van der Waals surface area contributed by atoms with Crippen molar-refractivity contribution in [2.45, 2.75) is 13.8 Å². The number of aryl methyl sites for hydroxylation is 2. The van der Waals surface area contributed by atoms with Gasteiger partial charge in [-0.05, 0) is 43.2 Å². The van der Waals surface area contributed by atoms with E-state index in [1.54, 1.807) is 7.11 Å². The minimum atomic E-state index is 0.804. The van der Waals surface area contributed by atoms with Crippen molar-refractivity contribution in [2.24, 2.45) is 0 Å². The third kappa shape index (κ3) is 2.78. The van der Waals surface area contributed by atoms with Crippen LogP contribution in [-0.2, 0) is 0 Å². The van der Waals surface area contributed by atoms with Crippen molar-refractivity contribution in [3.05, 3.63) is 53.6 Å². The molecule has 0 spiro atoms. The van der Waals surface area contributed by atoms with Gasteiger partial charge in [0.05, 0.1) is 7.11 Å². The minimum absolute atomic E-state index is 0.804. The van der Waals surface area contributed by atoms with E-state index in [-0.39, 0.29) is 0 Å². The lowest BCUT2D eigenvalue weighted by Gasteiger charge is -2.10. The SMILES string of the molecule is COc1ccc(C)c(Oc2cccc(C)c2)c1. The van der Waals surface area contributed by atoms with E-state index < -0.39 is 0 Å². The molecule has 0 bridgehead atoms. The molecule has 0 unspecified atom stereocenters. The molecule has 0 aliphatic heterocycles. The molecule has 2 aromatic rings. The van der Waals surface area contributed by atoms with Gasteiger partial charge in [-0.15, -0.1) is 0 Å². The van der Waals surface area contributed by atoms with E-state index in [0.29, 0.717) is 0 Å². The van der Waals surface area contributed by atoms with Gasteiger partial charge in [-0.3, -0.25) is 0 Å². The summed E-state index contributed by atoms with van der Waals surface area (Å²) < 4.78 is 11.0. The van der Waals surface area contributed by atoms with Crippen LogP contribution in [0.15, 0.2) is 42.5 Å². The highest BCUT2D eigenvalue weighted by molar-refractivity contribution is 5.43. The van der Waals surface area contributed by atoms with Crippen molar-refractivity contribution in [3.63, 3.8) is 0 Å². The molecule has 0 aliphatic rings. The Morgan fingerprint density at radius 3 is 2.41 bits per heavy atom. The maximum atomic E-state index is 5.85. The molecular weight excluding hydrogens is 212 g/mol. The van der Waals surface area contributed by atoms with Crippen LogP contribution in [0.4, 0.5) is 0 Å². The summed E-state index contributed by atoms with van der Waals surface area (Å²) in [6.45, 7) is 4.07. The fourth-order valence-corrected chi connectivity index (χ4v) is 1.62. The Morgan fingerprint density at radius 2 is 1.71 bits per heavy atom. The molecule has 0 aromatic heterocycles. The first-order chi connectivity index (χ1) is 8.19. The van der Waals surface area contributed by atoms with Crippen LogP contribution in [0.5, 0.6) is 17.2 Å². The highest BCUT2D eigenvalue weighted by Gasteiger charge is 2.03. The molecule has 88 valence electrons. The van der Waals surface area contributed by atoms with E-state index in [1.165, 1.54) is 5.56 Å². The predicted molar refractivity (Wildman–Crippen MR) is 69.0 cm³/mol. The van der Waals surface area contributed by atoms with E-state index in [0.717, 1.165) is 22.8 Å². The molecule has 2 rings (SSSR count). The van der Waals surface area contributed by atoms with Gasteiger partial charge in [-0.25, -0.2) is 0 Å². The van der Waals surface area contributed by atoms with Crippen molar-refractivity contribution in [1.82, 2.24) is 0 Å². The Balaban J connectivity index is 2.29. The Bertz CT molecular complexity index is 518. The van der Waals surface area contributed by atoms with Crippen LogP contribution in [0.1, 0.15) is 11.1 Å². The molecule has 0 saturated heterocycles. The van der Waals surface area contributed by atoms with Gasteiger partial charge < -0.3 is 9.47 Å². The summed E-state index contributed by atoms with van der Waals surface area (Å²) in [7, 11) is 1.65. The molecule has 17 heavy (non-hydrogen) atoms. The van der Waals surface area contributed by atoms with Gasteiger partial charge in [0.25, 0.3) is 0 Å².